The zero-order chi connectivity index (χ0) is 16.9. The molecular weight excluding hydrogens is 302 g/mol. The molecule has 1 aliphatic rings. The fraction of sp³-hybridized carbons (Fsp3) is 0.292. The molecule has 0 spiro atoms. The molecule has 126 valence electrons. The van der Waals surface area contributed by atoms with E-state index < -0.39 is 0 Å². The van der Waals surface area contributed by atoms with E-state index in [1.807, 2.05) is 12.3 Å². The van der Waals surface area contributed by atoms with Crippen LogP contribution in [-0.2, 0) is 6.42 Å². The summed E-state index contributed by atoms with van der Waals surface area (Å²) in [7, 11) is 0. The smallest absolute Gasteiger partial charge is 0.0708 e. The summed E-state index contributed by atoms with van der Waals surface area (Å²) in [6.07, 6.45) is 10.2. The first-order chi connectivity index (χ1) is 12.4. The van der Waals surface area contributed by atoms with Crippen molar-refractivity contribution in [2.24, 2.45) is 5.92 Å². The van der Waals surface area contributed by atoms with Crippen molar-refractivity contribution >= 4 is 0 Å². The third-order valence-electron chi connectivity index (χ3n) is 5.34. The van der Waals surface area contributed by atoms with Crippen molar-refractivity contribution in [3.05, 3.63) is 78.5 Å². The number of benzene rings is 2. The van der Waals surface area contributed by atoms with Crippen LogP contribution in [0.25, 0.3) is 22.4 Å². The Labute approximate surface area is 150 Å². The van der Waals surface area contributed by atoms with Crippen LogP contribution in [0.5, 0.6) is 0 Å². The third-order valence-corrected chi connectivity index (χ3v) is 5.34. The summed E-state index contributed by atoms with van der Waals surface area (Å²) in [6, 6.07) is 23.8. The minimum atomic E-state index is 0.876. The van der Waals surface area contributed by atoms with Gasteiger partial charge in [-0.2, -0.15) is 0 Å². The van der Waals surface area contributed by atoms with Gasteiger partial charge in [-0.1, -0.05) is 86.7 Å². The summed E-state index contributed by atoms with van der Waals surface area (Å²) in [5.41, 5.74) is 6.23. The standard InChI is InChI=1S/C24H25N/c1-3-8-19(9-4-1)16-20-10-7-13-22(17-20)23-14-15-25-24(18-23)21-11-5-2-6-12-21/h2,5-7,10-15,17-19H,1,3-4,8-9,16H2. The van der Waals surface area contributed by atoms with Gasteiger partial charge >= 0.3 is 0 Å². The van der Waals surface area contributed by atoms with Crippen LogP contribution in [0.2, 0.25) is 0 Å². The zero-order valence-corrected chi connectivity index (χ0v) is 14.7. The molecule has 0 bridgehead atoms. The lowest BCUT2D eigenvalue weighted by atomic mass is 9.84. The van der Waals surface area contributed by atoms with Crippen LogP contribution in [0.1, 0.15) is 37.7 Å². The van der Waals surface area contributed by atoms with Crippen LogP contribution >= 0.6 is 0 Å². The van der Waals surface area contributed by atoms with Crippen molar-refractivity contribution in [3.8, 4) is 22.4 Å². The molecule has 4 rings (SSSR count). The van der Waals surface area contributed by atoms with E-state index in [1.165, 1.54) is 60.8 Å². The molecular formula is C24H25N. The molecule has 0 N–H and O–H groups in total. The average Bonchev–Trinajstić information content (AvgIpc) is 2.70. The SMILES string of the molecule is c1ccc(-c2cc(-c3cccc(CC4CCCCC4)c3)ccn2)cc1. The van der Waals surface area contributed by atoms with E-state index >= 15 is 0 Å². The van der Waals surface area contributed by atoms with E-state index in [0.717, 1.165) is 11.6 Å². The molecule has 1 heteroatoms. The monoisotopic (exact) mass is 327 g/mol. The minimum Gasteiger partial charge on any atom is -0.256 e. The van der Waals surface area contributed by atoms with Gasteiger partial charge in [0.05, 0.1) is 5.69 Å². The Hall–Kier alpha value is -2.41. The lowest BCUT2D eigenvalue weighted by molar-refractivity contribution is 0.357. The fourth-order valence-electron chi connectivity index (χ4n) is 3.98. The maximum absolute atomic E-state index is 4.55. The largest absolute Gasteiger partial charge is 0.256 e. The van der Waals surface area contributed by atoms with Gasteiger partial charge in [0, 0.05) is 11.8 Å². The highest BCUT2D eigenvalue weighted by Gasteiger charge is 2.14. The molecule has 0 unspecified atom stereocenters. The van der Waals surface area contributed by atoms with Gasteiger partial charge < -0.3 is 0 Å². The Balaban J connectivity index is 1.58. The van der Waals surface area contributed by atoms with Gasteiger partial charge in [0.1, 0.15) is 0 Å². The van der Waals surface area contributed by atoms with Gasteiger partial charge in [0.25, 0.3) is 0 Å². The van der Waals surface area contributed by atoms with Crippen molar-refractivity contribution in [2.45, 2.75) is 38.5 Å². The summed E-state index contributed by atoms with van der Waals surface area (Å²) in [6.45, 7) is 0. The molecule has 3 aromatic rings. The van der Waals surface area contributed by atoms with Crippen LogP contribution in [0.15, 0.2) is 72.9 Å². The van der Waals surface area contributed by atoms with E-state index in [-0.39, 0.29) is 0 Å². The highest BCUT2D eigenvalue weighted by molar-refractivity contribution is 5.70. The Morgan fingerprint density at radius 1 is 0.720 bits per heavy atom. The average molecular weight is 327 g/mol. The normalized spacial score (nSPS) is 15.2. The van der Waals surface area contributed by atoms with Crippen molar-refractivity contribution in [2.75, 3.05) is 0 Å². The van der Waals surface area contributed by atoms with Gasteiger partial charge in [-0.25, -0.2) is 0 Å². The van der Waals surface area contributed by atoms with Gasteiger partial charge in [0.2, 0.25) is 0 Å². The van der Waals surface area contributed by atoms with Crippen LogP contribution in [-0.4, -0.2) is 4.98 Å². The predicted octanol–water partition coefficient (Wildman–Crippen LogP) is 6.54. The number of hydrogen-bond acceptors (Lipinski definition) is 1. The summed E-state index contributed by atoms with van der Waals surface area (Å²) < 4.78 is 0. The number of aromatic nitrogens is 1. The molecule has 0 saturated heterocycles. The van der Waals surface area contributed by atoms with Gasteiger partial charge in [-0.3, -0.25) is 4.98 Å². The molecule has 1 aromatic heterocycles. The zero-order valence-electron chi connectivity index (χ0n) is 14.7. The number of hydrogen-bond donors (Lipinski definition) is 0. The van der Waals surface area contributed by atoms with E-state index in [4.69, 9.17) is 0 Å². The van der Waals surface area contributed by atoms with Gasteiger partial charge in [-0.15, -0.1) is 0 Å². The molecule has 2 aromatic carbocycles. The number of nitrogens with zero attached hydrogens (tertiary/aromatic N) is 1. The topological polar surface area (TPSA) is 12.9 Å². The molecule has 25 heavy (non-hydrogen) atoms. The summed E-state index contributed by atoms with van der Waals surface area (Å²) in [4.78, 5) is 4.55. The van der Waals surface area contributed by atoms with E-state index in [2.05, 4.69) is 65.6 Å². The Bertz CT molecular complexity index is 816. The van der Waals surface area contributed by atoms with E-state index in [1.54, 1.807) is 0 Å². The molecule has 1 nitrogen and oxygen atoms in total. The number of pyridine rings is 1. The highest BCUT2D eigenvalue weighted by Crippen LogP contribution is 2.29. The summed E-state index contributed by atoms with van der Waals surface area (Å²) >= 11 is 0. The van der Waals surface area contributed by atoms with E-state index in [0.29, 0.717) is 0 Å². The summed E-state index contributed by atoms with van der Waals surface area (Å²) in [5, 5.41) is 0. The molecule has 1 saturated carbocycles. The molecule has 0 radical (unpaired) electrons. The first-order valence-corrected chi connectivity index (χ1v) is 9.49. The molecule has 1 fully saturated rings. The summed E-state index contributed by atoms with van der Waals surface area (Å²) in [5.74, 6) is 0.876. The van der Waals surface area contributed by atoms with Crippen LogP contribution < -0.4 is 0 Å². The second-order valence-corrected chi connectivity index (χ2v) is 7.20. The molecule has 1 aliphatic carbocycles. The van der Waals surface area contributed by atoms with Gasteiger partial charge in [-0.05, 0) is 41.2 Å². The Morgan fingerprint density at radius 2 is 1.48 bits per heavy atom. The Morgan fingerprint density at radius 3 is 2.32 bits per heavy atom. The predicted molar refractivity (Wildman–Crippen MR) is 105 cm³/mol. The Kier molecular flexibility index (Phi) is 4.92. The lowest BCUT2D eigenvalue weighted by Crippen LogP contribution is -2.09. The molecule has 0 aliphatic heterocycles. The van der Waals surface area contributed by atoms with Crippen LogP contribution in [0.4, 0.5) is 0 Å². The quantitative estimate of drug-likeness (QED) is 0.530. The van der Waals surface area contributed by atoms with Crippen LogP contribution in [0, 0.1) is 5.92 Å². The van der Waals surface area contributed by atoms with Crippen molar-refractivity contribution < 1.29 is 0 Å². The van der Waals surface area contributed by atoms with Crippen molar-refractivity contribution in [3.63, 3.8) is 0 Å². The first kappa shape index (κ1) is 16.1. The first-order valence-electron chi connectivity index (χ1n) is 9.49. The third kappa shape index (κ3) is 3.99. The maximum Gasteiger partial charge on any atom is 0.0708 e. The molecule has 0 amide bonds. The minimum absolute atomic E-state index is 0.876. The van der Waals surface area contributed by atoms with E-state index in [9.17, 15) is 0 Å². The fourth-order valence-corrected chi connectivity index (χ4v) is 3.98. The second kappa shape index (κ2) is 7.65. The maximum atomic E-state index is 4.55. The number of rotatable bonds is 4. The van der Waals surface area contributed by atoms with Crippen LogP contribution in [0.3, 0.4) is 0 Å². The highest BCUT2D eigenvalue weighted by atomic mass is 14.7. The lowest BCUT2D eigenvalue weighted by Gasteiger charge is -2.21. The molecule has 0 atom stereocenters. The second-order valence-electron chi connectivity index (χ2n) is 7.20. The van der Waals surface area contributed by atoms with Crippen molar-refractivity contribution in [1.29, 1.82) is 0 Å². The molecule has 1 heterocycles. The van der Waals surface area contributed by atoms with Gasteiger partial charge in [0.15, 0.2) is 0 Å². The van der Waals surface area contributed by atoms with Crippen molar-refractivity contribution in [1.82, 2.24) is 4.98 Å².